The molecule has 0 aromatic carbocycles. The molecule has 138 valence electrons. The standard InChI is InChI=1S/C17H13N9O2/c1-25-16(19-9-20-25)13-12(10-3-6-18-7-4-10)14(27-2)17-22-21-15(26(17)23-13)11-5-8-28-24-11/h3-9H,1-2H3. The fourth-order valence-corrected chi connectivity index (χ4v) is 3.02. The summed E-state index contributed by atoms with van der Waals surface area (Å²) < 4.78 is 13.9. The number of ether oxygens (including phenoxy) is 1. The largest absolute Gasteiger partial charge is 0.492 e. The minimum atomic E-state index is 0.423. The molecule has 11 nitrogen and oxygen atoms in total. The first-order valence-electron chi connectivity index (χ1n) is 8.27. The fourth-order valence-electron chi connectivity index (χ4n) is 3.02. The van der Waals surface area contributed by atoms with Crippen molar-refractivity contribution in [2.75, 3.05) is 7.11 Å². The lowest BCUT2D eigenvalue weighted by Gasteiger charge is -2.14. The van der Waals surface area contributed by atoms with E-state index in [9.17, 15) is 0 Å². The zero-order valence-corrected chi connectivity index (χ0v) is 14.9. The van der Waals surface area contributed by atoms with Gasteiger partial charge in [-0.25, -0.2) is 9.67 Å². The Balaban J connectivity index is 1.91. The molecule has 0 N–H and O–H groups in total. The van der Waals surface area contributed by atoms with Crippen LogP contribution in [0.25, 0.3) is 39.8 Å². The van der Waals surface area contributed by atoms with E-state index >= 15 is 0 Å². The van der Waals surface area contributed by atoms with Crippen LogP contribution in [0.4, 0.5) is 0 Å². The Hall–Kier alpha value is -4.15. The molecule has 0 amide bonds. The monoisotopic (exact) mass is 375 g/mol. The number of pyridine rings is 1. The first-order valence-corrected chi connectivity index (χ1v) is 8.27. The normalized spacial score (nSPS) is 11.2. The van der Waals surface area contributed by atoms with Gasteiger partial charge in [-0.1, -0.05) is 5.16 Å². The molecule has 0 saturated heterocycles. The maximum Gasteiger partial charge on any atom is 0.221 e. The fraction of sp³-hybridized carbons (Fsp3) is 0.118. The first-order chi connectivity index (χ1) is 13.8. The predicted molar refractivity (Wildman–Crippen MR) is 96.1 cm³/mol. The number of nitrogens with zero attached hydrogens (tertiary/aromatic N) is 9. The van der Waals surface area contributed by atoms with Crippen LogP contribution in [-0.4, -0.2) is 51.8 Å². The Labute approximate surface area is 157 Å². The van der Waals surface area contributed by atoms with Gasteiger partial charge in [0.05, 0.1) is 12.7 Å². The SMILES string of the molecule is COc1c(-c2ccncc2)c(-c2ncnn2C)nn2c(-c3ccon3)nnc12. The van der Waals surface area contributed by atoms with Crippen LogP contribution in [0.5, 0.6) is 5.75 Å². The highest BCUT2D eigenvalue weighted by atomic mass is 16.5. The molecule has 0 fully saturated rings. The molecule has 0 atom stereocenters. The zero-order valence-electron chi connectivity index (χ0n) is 14.9. The van der Waals surface area contributed by atoms with Crippen LogP contribution >= 0.6 is 0 Å². The molecular formula is C17H13N9O2. The summed E-state index contributed by atoms with van der Waals surface area (Å²) in [6, 6.07) is 5.42. The van der Waals surface area contributed by atoms with E-state index in [1.54, 1.807) is 41.8 Å². The van der Waals surface area contributed by atoms with E-state index < -0.39 is 0 Å². The van der Waals surface area contributed by atoms with Crippen molar-refractivity contribution in [1.29, 1.82) is 0 Å². The molecule has 0 aliphatic heterocycles. The molecule has 5 aromatic rings. The first kappa shape index (κ1) is 16.1. The van der Waals surface area contributed by atoms with Crippen molar-refractivity contribution in [3.05, 3.63) is 43.2 Å². The smallest absolute Gasteiger partial charge is 0.221 e. The Morgan fingerprint density at radius 3 is 2.61 bits per heavy atom. The number of hydrogen-bond acceptors (Lipinski definition) is 9. The quantitative estimate of drug-likeness (QED) is 0.461. The molecule has 0 aliphatic carbocycles. The maximum absolute atomic E-state index is 5.74. The van der Waals surface area contributed by atoms with Crippen molar-refractivity contribution in [1.82, 2.24) is 44.7 Å². The van der Waals surface area contributed by atoms with Gasteiger partial charge in [0.15, 0.2) is 17.3 Å². The molecule has 0 unspecified atom stereocenters. The van der Waals surface area contributed by atoms with Crippen LogP contribution in [0.1, 0.15) is 0 Å². The third-order valence-electron chi connectivity index (χ3n) is 4.27. The summed E-state index contributed by atoms with van der Waals surface area (Å²) >= 11 is 0. The van der Waals surface area contributed by atoms with E-state index in [0.717, 1.165) is 5.56 Å². The lowest BCUT2D eigenvalue weighted by Crippen LogP contribution is -2.06. The molecule has 0 saturated carbocycles. The highest BCUT2D eigenvalue weighted by Crippen LogP contribution is 2.39. The van der Waals surface area contributed by atoms with Gasteiger partial charge in [-0.3, -0.25) is 4.98 Å². The van der Waals surface area contributed by atoms with E-state index in [-0.39, 0.29) is 0 Å². The molecule has 11 heteroatoms. The highest BCUT2D eigenvalue weighted by molar-refractivity contribution is 5.87. The second kappa shape index (κ2) is 6.23. The van der Waals surface area contributed by atoms with Crippen LogP contribution in [0.15, 0.2) is 47.7 Å². The molecule has 5 aromatic heterocycles. The van der Waals surface area contributed by atoms with Gasteiger partial charge in [0.25, 0.3) is 0 Å². The molecule has 0 aliphatic rings. The van der Waals surface area contributed by atoms with E-state index in [2.05, 4.69) is 30.4 Å². The molecule has 5 heterocycles. The lowest BCUT2D eigenvalue weighted by molar-refractivity contribution is 0.417. The lowest BCUT2D eigenvalue weighted by atomic mass is 10.0. The molecule has 0 radical (unpaired) electrons. The van der Waals surface area contributed by atoms with Gasteiger partial charge in [-0.05, 0) is 17.7 Å². The van der Waals surface area contributed by atoms with Gasteiger partial charge in [0, 0.05) is 25.5 Å². The summed E-state index contributed by atoms with van der Waals surface area (Å²) in [6.45, 7) is 0. The van der Waals surface area contributed by atoms with Gasteiger partial charge in [-0.2, -0.15) is 14.7 Å². The summed E-state index contributed by atoms with van der Waals surface area (Å²) in [7, 11) is 3.37. The molecule has 0 bridgehead atoms. The van der Waals surface area contributed by atoms with E-state index in [4.69, 9.17) is 14.4 Å². The van der Waals surface area contributed by atoms with Crippen LogP contribution in [0, 0.1) is 0 Å². The van der Waals surface area contributed by atoms with Gasteiger partial charge < -0.3 is 9.26 Å². The zero-order chi connectivity index (χ0) is 19.1. The second-order valence-corrected chi connectivity index (χ2v) is 5.84. The molecule has 0 spiro atoms. The average molecular weight is 375 g/mol. The minimum absolute atomic E-state index is 0.423. The number of aryl methyl sites for hydroxylation is 1. The second-order valence-electron chi connectivity index (χ2n) is 5.84. The number of fused-ring (bicyclic) bond motifs is 1. The average Bonchev–Trinajstić information content (AvgIpc) is 3.47. The van der Waals surface area contributed by atoms with Crippen molar-refractivity contribution in [3.63, 3.8) is 0 Å². The number of hydrogen-bond donors (Lipinski definition) is 0. The van der Waals surface area contributed by atoms with Crippen molar-refractivity contribution >= 4 is 5.65 Å². The molecule has 28 heavy (non-hydrogen) atoms. The molecule has 5 rings (SSSR count). The van der Waals surface area contributed by atoms with Crippen molar-refractivity contribution in [3.8, 4) is 39.9 Å². The highest BCUT2D eigenvalue weighted by Gasteiger charge is 2.25. The third-order valence-corrected chi connectivity index (χ3v) is 4.27. The number of methoxy groups -OCH3 is 1. The summed E-state index contributed by atoms with van der Waals surface area (Å²) in [5.41, 5.74) is 3.07. The predicted octanol–water partition coefficient (Wildman–Crippen LogP) is 1.65. The Kier molecular flexibility index (Phi) is 3.57. The van der Waals surface area contributed by atoms with E-state index in [0.29, 0.717) is 40.0 Å². The Morgan fingerprint density at radius 1 is 1.07 bits per heavy atom. The molecular weight excluding hydrogens is 362 g/mol. The van der Waals surface area contributed by atoms with Crippen molar-refractivity contribution in [2.24, 2.45) is 7.05 Å². The summed E-state index contributed by atoms with van der Waals surface area (Å²) in [5, 5.41) is 21.3. The summed E-state index contributed by atoms with van der Waals surface area (Å²) in [6.07, 6.45) is 6.32. The Morgan fingerprint density at radius 2 is 1.93 bits per heavy atom. The van der Waals surface area contributed by atoms with Crippen molar-refractivity contribution < 1.29 is 9.26 Å². The van der Waals surface area contributed by atoms with Crippen LogP contribution < -0.4 is 4.74 Å². The van der Waals surface area contributed by atoms with Gasteiger partial charge >= 0.3 is 0 Å². The van der Waals surface area contributed by atoms with Gasteiger partial charge in [-0.15, -0.1) is 10.2 Å². The minimum Gasteiger partial charge on any atom is -0.492 e. The third kappa shape index (κ3) is 2.33. The topological polar surface area (TPSA) is 122 Å². The van der Waals surface area contributed by atoms with Crippen LogP contribution in [0.3, 0.4) is 0 Å². The number of rotatable bonds is 4. The summed E-state index contributed by atoms with van der Waals surface area (Å²) in [4.78, 5) is 8.45. The summed E-state index contributed by atoms with van der Waals surface area (Å²) in [5.74, 6) is 1.49. The van der Waals surface area contributed by atoms with Gasteiger partial charge in [0.2, 0.25) is 11.5 Å². The van der Waals surface area contributed by atoms with Crippen LogP contribution in [0.2, 0.25) is 0 Å². The number of aromatic nitrogens is 9. The van der Waals surface area contributed by atoms with Crippen molar-refractivity contribution in [2.45, 2.75) is 0 Å². The Bertz CT molecular complexity index is 1260. The van der Waals surface area contributed by atoms with Crippen LogP contribution in [-0.2, 0) is 7.05 Å². The van der Waals surface area contributed by atoms with Gasteiger partial charge in [0.1, 0.15) is 18.3 Å². The maximum atomic E-state index is 5.74. The van der Waals surface area contributed by atoms with E-state index in [1.165, 1.54) is 12.6 Å². The van der Waals surface area contributed by atoms with E-state index in [1.807, 2.05) is 12.1 Å².